The second-order valence-corrected chi connectivity index (χ2v) is 7.17. The highest BCUT2D eigenvalue weighted by Gasteiger charge is 2.27. The topological polar surface area (TPSA) is 58.6 Å². The first-order valence-electron chi connectivity index (χ1n) is 8.64. The quantitative estimate of drug-likeness (QED) is 0.807. The SMILES string of the molecule is O=C(Nc1ccccc1)C1CCN(C(=O)COc2cccc(Br)c2)CC1. The summed E-state index contributed by atoms with van der Waals surface area (Å²) in [6.45, 7) is 1.17. The van der Waals surface area contributed by atoms with Crippen LogP contribution in [0, 0.1) is 5.92 Å². The molecule has 3 rings (SSSR count). The molecule has 6 heteroatoms. The molecule has 0 aromatic heterocycles. The van der Waals surface area contributed by atoms with Crippen molar-refractivity contribution in [3.05, 3.63) is 59.1 Å². The van der Waals surface area contributed by atoms with Crippen LogP contribution in [-0.4, -0.2) is 36.4 Å². The molecule has 0 aliphatic carbocycles. The van der Waals surface area contributed by atoms with Gasteiger partial charge in [-0.15, -0.1) is 0 Å². The number of nitrogens with one attached hydrogen (secondary N) is 1. The van der Waals surface area contributed by atoms with Crippen LogP contribution < -0.4 is 10.1 Å². The Morgan fingerprint density at radius 3 is 2.50 bits per heavy atom. The van der Waals surface area contributed by atoms with Crippen molar-refractivity contribution < 1.29 is 14.3 Å². The monoisotopic (exact) mass is 416 g/mol. The lowest BCUT2D eigenvalue weighted by Crippen LogP contribution is -2.43. The van der Waals surface area contributed by atoms with Gasteiger partial charge in [-0.3, -0.25) is 9.59 Å². The Labute approximate surface area is 161 Å². The van der Waals surface area contributed by atoms with Crippen LogP contribution in [0.1, 0.15) is 12.8 Å². The third-order valence-corrected chi connectivity index (χ3v) is 4.91. The number of rotatable bonds is 5. The van der Waals surface area contributed by atoms with E-state index < -0.39 is 0 Å². The van der Waals surface area contributed by atoms with Gasteiger partial charge in [0.2, 0.25) is 5.91 Å². The van der Waals surface area contributed by atoms with Crippen molar-refractivity contribution in [1.82, 2.24) is 4.90 Å². The van der Waals surface area contributed by atoms with E-state index in [1.54, 1.807) is 4.90 Å². The second kappa shape index (κ2) is 8.85. The average molecular weight is 417 g/mol. The van der Waals surface area contributed by atoms with Crippen LogP contribution in [-0.2, 0) is 9.59 Å². The molecule has 5 nitrogen and oxygen atoms in total. The smallest absolute Gasteiger partial charge is 0.260 e. The number of ether oxygens (including phenoxy) is 1. The normalized spacial score (nSPS) is 14.7. The van der Waals surface area contributed by atoms with Crippen LogP contribution in [0.4, 0.5) is 5.69 Å². The van der Waals surface area contributed by atoms with E-state index >= 15 is 0 Å². The number of hydrogen-bond acceptors (Lipinski definition) is 3. The van der Waals surface area contributed by atoms with E-state index in [2.05, 4.69) is 21.2 Å². The molecule has 1 fully saturated rings. The third kappa shape index (κ3) is 5.08. The summed E-state index contributed by atoms with van der Waals surface area (Å²) in [6.07, 6.45) is 1.34. The van der Waals surface area contributed by atoms with Crippen LogP contribution in [0.15, 0.2) is 59.1 Å². The zero-order valence-electron chi connectivity index (χ0n) is 14.4. The van der Waals surface area contributed by atoms with Gasteiger partial charge in [-0.25, -0.2) is 0 Å². The highest BCUT2D eigenvalue weighted by atomic mass is 79.9. The number of amides is 2. The number of piperidine rings is 1. The Kier molecular flexibility index (Phi) is 6.28. The molecule has 1 aliphatic heterocycles. The summed E-state index contributed by atoms with van der Waals surface area (Å²) in [5.74, 6) is 0.565. The molecular weight excluding hydrogens is 396 g/mol. The van der Waals surface area contributed by atoms with Crippen molar-refractivity contribution >= 4 is 33.4 Å². The van der Waals surface area contributed by atoms with Crippen molar-refractivity contribution in [3.63, 3.8) is 0 Å². The van der Waals surface area contributed by atoms with Crippen LogP contribution in [0.5, 0.6) is 5.75 Å². The summed E-state index contributed by atoms with van der Waals surface area (Å²) in [4.78, 5) is 26.4. The predicted molar refractivity (Wildman–Crippen MR) is 104 cm³/mol. The summed E-state index contributed by atoms with van der Waals surface area (Å²) >= 11 is 3.38. The summed E-state index contributed by atoms with van der Waals surface area (Å²) < 4.78 is 6.46. The minimum Gasteiger partial charge on any atom is -0.484 e. The first-order valence-corrected chi connectivity index (χ1v) is 9.43. The van der Waals surface area contributed by atoms with Crippen molar-refractivity contribution in [1.29, 1.82) is 0 Å². The molecule has 1 N–H and O–H groups in total. The molecule has 1 saturated heterocycles. The molecule has 1 heterocycles. The van der Waals surface area contributed by atoms with E-state index in [4.69, 9.17) is 4.74 Å². The number of para-hydroxylation sites is 1. The number of benzene rings is 2. The first kappa shape index (κ1) is 18.5. The van der Waals surface area contributed by atoms with E-state index in [1.807, 2.05) is 54.6 Å². The molecule has 2 aromatic carbocycles. The predicted octanol–water partition coefficient (Wildman–Crippen LogP) is 3.71. The van der Waals surface area contributed by atoms with Gasteiger partial charge in [0.25, 0.3) is 5.91 Å². The van der Waals surface area contributed by atoms with E-state index in [1.165, 1.54) is 0 Å². The van der Waals surface area contributed by atoms with Gasteiger partial charge in [-0.05, 0) is 43.2 Å². The van der Waals surface area contributed by atoms with Crippen LogP contribution >= 0.6 is 15.9 Å². The Morgan fingerprint density at radius 1 is 1.08 bits per heavy atom. The fraction of sp³-hybridized carbons (Fsp3) is 0.300. The molecule has 2 aromatic rings. The second-order valence-electron chi connectivity index (χ2n) is 6.26. The molecule has 0 saturated carbocycles. The number of carbonyl (C=O) groups excluding carboxylic acids is 2. The number of likely N-dealkylation sites (tertiary alicyclic amines) is 1. The lowest BCUT2D eigenvalue weighted by atomic mass is 9.95. The van der Waals surface area contributed by atoms with Gasteiger partial charge in [0.15, 0.2) is 6.61 Å². The first-order chi connectivity index (χ1) is 12.6. The Morgan fingerprint density at radius 2 is 1.81 bits per heavy atom. The minimum absolute atomic E-state index is 0.0112. The Hall–Kier alpha value is -2.34. The highest BCUT2D eigenvalue weighted by molar-refractivity contribution is 9.10. The van der Waals surface area contributed by atoms with Crippen molar-refractivity contribution in [2.24, 2.45) is 5.92 Å². The zero-order valence-corrected chi connectivity index (χ0v) is 15.9. The van der Waals surface area contributed by atoms with Crippen LogP contribution in [0.25, 0.3) is 0 Å². The zero-order chi connectivity index (χ0) is 18.4. The van der Waals surface area contributed by atoms with E-state index in [0.29, 0.717) is 31.7 Å². The van der Waals surface area contributed by atoms with Gasteiger partial charge in [0, 0.05) is 29.2 Å². The molecule has 136 valence electrons. The fourth-order valence-electron chi connectivity index (χ4n) is 2.95. The molecular formula is C20H21BrN2O3. The maximum Gasteiger partial charge on any atom is 0.260 e. The van der Waals surface area contributed by atoms with E-state index in [9.17, 15) is 9.59 Å². The van der Waals surface area contributed by atoms with Gasteiger partial charge in [-0.1, -0.05) is 40.2 Å². The number of anilines is 1. The van der Waals surface area contributed by atoms with Gasteiger partial charge in [0.05, 0.1) is 0 Å². The standard InChI is InChI=1S/C20H21BrN2O3/c21-16-5-4-8-18(13-16)26-14-19(24)23-11-9-15(10-12-23)20(25)22-17-6-2-1-3-7-17/h1-8,13,15H,9-12,14H2,(H,22,25). The Bertz CT molecular complexity index is 759. The molecule has 26 heavy (non-hydrogen) atoms. The summed E-state index contributed by atoms with van der Waals surface area (Å²) in [7, 11) is 0. The van der Waals surface area contributed by atoms with Crippen LogP contribution in [0.3, 0.4) is 0 Å². The molecule has 2 amide bonds. The third-order valence-electron chi connectivity index (χ3n) is 4.42. The lowest BCUT2D eigenvalue weighted by Gasteiger charge is -2.31. The number of hydrogen-bond donors (Lipinski definition) is 1. The van der Waals surface area contributed by atoms with Gasteiger partial charge in [0.1, 0.15) is 5.75 Å². The molecule has 0 atom stereocenters. The summed E-state index contributed by atoms with van der Waals surface area (Å²) in [6, 6.07) is 16.8. The van der Waals surface area contributed by atoms with Crippen LogP contribution in [0.2, 0.25) is 0 Å². The minimum atomic E-state index is -0.0646. The largest absolute Gasteiger partial charge is 0.484 e. The molecule has 0 radical (unpaired) electrons. The van der Waals surface area contributed by atoms with Gasteiger partial charge >= 0.3 is 0 Å². The maximum absolute atomic E-state index is 12.3. The maximum atomic E-state index is 12.3. The molecule has 1 aliphatic rings. The molecule has 0 spiro atoms. The van der Waals surface area contributed by atoms with Gasteiger partial charge in [-0.2, -0.15) is 0 Å². The summed E-state index contributed by atoms with van der Waals surface area (Å²) in [5, 5.41) is 2.94. The van der Waals surface area contributed by atoms with Crippen molar-refractivity contribution in [2.75, 3.05) is 25.0 Å². The molecule has 0 bridgehead atoms. The summed E-state index contributed by atoms with van der Waals surface area (Å²) in [5.41, 5.74) is 0.804. The highest BCUT2D eigenvalue weighted by Crippen LogP contribution is 2.21. The lowest BCUT2D eigenvalue weighted by molar-refractivity contribution is -0.136. The number of nitrogens with zero attached hydrogens (tertiary/aromatic N) is 1. The van der Waals surface area contributed by atoms with Crippen molar-refractivity contribution in [3.8, 4) is 5.75 Å². The van der Waals surface area contributed by atoms with E-state index in [-0.39, 0.29) is 24.3 Å². The van der Waals surface area contributed by atoms with Crippen molar-refractivity contribution in [2.45, 2.75) is 12.8 Å². The fourth-order valence-corrected chi connectivity index (χ4v) is 3.33. The Balaban J connectivity index is 1.44. The number of carbonyl (C=O) groups is 2. The molecule has 0 unspecified atom stereocenters. The average Bonchev–Trinajstić information content (AvgIpc) is 2.67. The van der Waals surface area contributed by atoms with Gasteiger partial charge < -0.3 is 15.0 Å². The number of halogens is 1. The van der Waals surface area contributed by atoms with E-state index in [0.717, 1.165) is 10.2 Å².